The minimum Gasteiger partial charge on any atom is -1.00 e. The Labute approximate surface area is 184 Å². The number of rotatable bonds is 8. The molecule has 0 unspecified atom stereocenters. The zero-order valence-electron chi connectivity index (χ0n) is 15.0. The Kier molecular flexibility index (Phi) is 22.6. The van der Waals surface area contributed by atoms with Gasteiger partial charge in [0.2, 0.25) is 0 Å². The molecule has 2 aromatic heterocycles. The van der Waals surface area contributed by atoms with E-state index in [2.05, 4.69) is 72.1 Å². The monoisotopic (exact) mass is 442 g/mol. The summed E-state index contributed by atoms with van der Waals surface area (Å²) in [6.45, 7) is 7.23. The fourth-order valence-corrected chi connectivity index (χ4v) is 2.27. The van der Waals surface area contributed by atoms with Gasteiger partial charge in [-0.1, -0.05) is 40.3 Å². The number of hydrogen-bond acceptors (Lipinski definition) is 5. The van der Waals surface area contributed by atoms with Crippen molar-refractivity contribution >= 4 is 39.9 Å². The van der Waals surface area contributed by atoms with Crippen molar-refractivity contribution in [1.29, 1.82) is 0 Å². The Bertz CT molecular complexity index is 533. The Hall–Kier alpha value is -0.190. The molecule has 0 fully saturated rings. The quantitative estimate of drug-likeness (QED) is 0.145. The summed E-state index contributed by atoms with van der Waals surface area (Å²) in [4.78, 5) is 0. The summed E-state index contributed by atoms with van der Waals surface area (Å²) in [5.74, 6) is 1.08. The number of hydrogen-bond donors (Lipinski definition) is 3. The van der Waals surface area contributed by atoms with Crippen LogP contribution in [0.1, 0.15) is 27.1 Å². The van der Waals surface area contributed by atoms with Gasteiger partial charge in [-0.05, 0) is 31.4 Å². The second kappa shape index (κ2) is 20.9. The Balaban J connectivity index is -0.000000300. The van der Waals surface area contributed by atoms with E-state index in [4.69, 9.17) is 0 Å². The van der Waals surface area contributed by atoms with Gasteiger partial charge in [-0.25, -0.2) is 5.21 Å². The van der Waals surface area contributed by atoms with Gasteiger partial charge in [0.1, 0.15) is 9.67 Å². The molecule has 0 radical (unpaired) electrons. The molecule has 2 heterocycles. The molecule has 0 spiro atoms. The fourth-order valence-electron chi connectivity index (χ4n) is 1.10. The third kappa shape index (κ3) is 18.2. The minimum atomic E-state index is 0. The summed E-state index contributed by atoms with van der Waals surface area (Å²) in [6, 6.07) is 0. The third-order valence-electron chi connectivity index (χ3n) is 2.16. The van der Waals surface area contributed by atoms with Crippen LogP contribution in [0.4, 0.5) is 0 Å². The molecule has 10 heteroatoms. The first-order valence-corrected chi connectivity index (χ1v) is 9.60. The van der Waals surface area contributed by atoms with Crippen LogP contribution in [-0.4, -0.2) is 41.9 Å². The van der Waals surface area contributed by atoms with Gasteiger partial charge in [-0.3, -0.25) is 5.10 Å². The average molecular weight is 443 g/mol. The number of alkyl halides is 1. The van der Waals surface area contributed by atoms with E-state index < -0.39 is 0 Å². The van der Waals surface area contributed by atoms with Gasteiger partial charge < -0.3 is 1.43 Å². The summed E-state index contributed by atoms with van der Waals surface area (Å²) in [5, 5.41) is 20.8. The van der Waals surface area contributed by atoms with E-state index in [-0.39, 0.29) is 31.0 Å². The van der Waals surface area contributed by atoms with Gasteiger partial charge in [0.05, 0.1) is 12.4 Å². The van der Waals surface area contributed by atoms with E-state index in [9.17, 15) is 0 Å². The molecular weight excluding hydrogens is 419 g/mol. The maximum absolute atomic E-state index is 4.60. The van der Waals surface area contributed by atoms with Gasteiger partial charge in [0.15, 0.2) is 0 Å². The minimum absolute atomic E-state index is 0. The van der Waals surface area contributed by atoms with Crippen molar-refractivity contribution in [3.63, 3.8) is 0 Å². The van der Waals surface area contributed by atoms with Crippen molar-refractivity contribution in [2.24, 2.45) is 0 Å². The molecule has 0 bridgehead atoms. The van der Waals surface area contributed by atoms with E-state index in [1.807, 2.05) is 12.2 Å². The molecule has 0 aliphatic heterocycles. The predicted molar refractivity (Wildman–Crippen MR) is 105 cm³/mol. The molecule has 24 heavy (non-hydrogen) atoms. The molecule has 0 aliphatic rings. The SMILES string of the molecule is C=CCCCBr.C=CCCCSc1cn[nH]n1.S=c1cn[nH][nH]1.[H-].[Na+]. The van der Waals surface area contributed by atoms with E-state index in [0.29, 0.717) is 4.64 Å². The van der Waals surface area contributed by atoms with Gasteiger partial charge in [0, 0.05) is 5.33 Å². The topological polar surface area (TPSA) is 86.0 Å². The molecule has 0 atom stereocenters. The number of H-pyrrole nitrogens is 3. The van der Waals surface area contributed by atoms with E-state index in [1.165, 1.54) is 12.6 Å². The number of allylic oxidation sites excluding steroid dienone is 2. The van der Waals surface area contributed by atoms with Crippen molar-refractivity contribution < 1.29 is 31.0 Å². The van der Waals surface area contributed by atoms with Crippen LogP contribution in [-0.2, 0) is 0 Å². The van der Waals surface area contributed by atoms with Crippen molar-refractivity contribution in [2.45, 2.75) is 30.7 Å². The number of unbranched alkanes of at least 4 members (excludes halogenated alkanes) is 2. The molecule has 0 saturated carbocycles. The van der Waals surface area contributed by atoms with E-state index >= 15 is 0 Å². The van der Waals surface area contributed by atoms with Crippen LogP contribution in [0.2, 0.25) is 0 Å². The molecule has 0 aromatic carbocycles. The van der Waals surface area contributed by atoms with Crippen LogP contribution in [0.15, 0.2) is 42.7 Å². The number of nitrogens with zero attached hydrogens (tertiary/aromatic N) is 3. The summed E-state index contributed by atoms with van der Waals surface area (Å²) in [7, 11) is 0. The molecule has 0 aliphatic carbocycles. The largest absolute Gasteiger partial charge is 1.00 e. The molecular formula is C14H24BrN6NaS2. The predicted octanol–water partition coefficient (Wildman–Crippen LogP) is 1.79. The number of halogens is 1. The number of nitrogens with one attached hydrogen (secondary N) is 3. The maximum Gasteiger partial charge on any atom is 1.00 e. The van der Waals surface area contributed by atoms with E-state index in [1.54, 1.807) is 18.0 Å². The van der Waals surface area contributed by atoms with E-state index in [0.717, 1.165) is 35.4 Å². The third-order valence-corrected chi connectivity index (χ3v) is 3.92. The van der Waals surface area contributed by atoms with Crippen LogP contribution in [0.5, 0.6) is 0 Å². The number of thioether (sulfide) groups is 1. The van der Waals surface area contributed by atoms with Crippen molar-refractivity contribution in [2.75, 3.05) is 11.1 Å². The van der Waals surface area contributed by atoms with Crippen LogP contribution in [0, 0.1) is 4.64 Å². The van der Waals surface area contributed by atoms with Gasteiger partial charge in [0.25, 0.3) is 0 Å². The first-order chi connectivity index (χ1) is 11.2. The number of aromatic amines is 3. The molecule has 0 saturated heterocycles. The van der Waals surface area contributed by atoms with Crippen molar-refractivity contribution in [1.82, 2.24) is 30.8 Å². The van der Waals surface area contributed by atoms with Gasteiger partial charge >= 0.3 is 29.6 Å². The number of aromatic nitrogens is 6. The molecule has 3 N–H and O–H groups in total. The standard InChI is InChI=1S/C7H11N3S.C5H9Br.C2H3N3S.Na.H/c1-2-3-4-5-11-7-6-8-10-9-7;1-2-3-4-5-6;6-2-1-3-5-4-2;;/h2,6H,1,3-5H2,(H,8,9,10);2H,1,3-5H2;1H,(H2,3,4,5,6);;/q;;;+1;-1. The van der Waals surface area contributed by atoms with Crippen LogP contribution < -0.4 is 29.6 Å². The first kappa shape index (κ1) is 26.0. The normalized spacial score (nSPS) is 8.71. The maximum atomic E-state index is 4.60. The molecule has 2 rings (SSSR count). The summed E-state index contributed by atoms with van der Waals surface area (Å²) >= 11 is 9.61. The zero-order valence-corrected chi connectivity index (χ0v) is 19.2. The summed E-state index contributed by atoms with van der Waals surface area (Å²) in [5.41, 5.74) is 0. The van der Waals surface area contributed by atoms with Gasteiger partial charge in [-0.15, -0.1) is 30.0 Å². The molecule has 130 valence electrons. The summed E-state index contributed by atoms with van der Waals surface area (Å²) < 4.78 is 0.634. The molecule has 6 nitrogen and oxygen atoms in total. The van der Waals surface area contributed by atoms with Crippen LogP contribution in [0.3, 0.4) is 0 Å². The smallest absolute Gasteiger partial charge is 1.00 e. The van der Waals surface area contributed by atoms with Crippen LogP contribution in [0.25, 0.3) is 0 Å². The molecule has 0 amide bonds. The van der Waals surface area contributed by atoms with Crippen molar-refractivity contribution in [3.8, 4) is 0 Å². The Morgan fingerprint density at radius 2 is 1.92 bits per heavy atom. The summed E-state index contributed by atoms with van der Waals surface area (Å²) in [6.07, 6.45) is 11.7. The molecule has 2 aromatic rings. The van der Waals surface area contributed by atoms with Crippen molar-refractivity contribution in [3.05, 3.63) is 42.3 Å². The Morgan fingerprint density at radius 1 is 1.21 bits per heavy atom. The fraction of sp³-hybridized carbons (Fsp3) is 0.429. The average Bonchev–Trinajstić information content (AvgIpc) is 3.24. The van der Waals surface area contributed by atoms with Crippen LogP contribution >= 0.6 is 39.9 Å². The van der Waals surface area contributed by atoms with Gasteiger partial charge in [-0.2, -0.15) is 15.4 Å². The second-order valence-electron chi connectivity index (χ2n) is 4.07. The Morgan fingerprint density at radius 3 is 2.29 bits per heavy atom. The second-order valence-corrected chi connectivity index (χ2v) is 6.41. The zero-order chi connectivity index (χ0) is 17.2. The first-order valence-electron chi connectivity index (χ1n) is 7.09.